The summed E-state index contributed by atoms with van der Waals surface area (Å²) in [6.07, 6.45) is 1.03. The molecule has 27 heavy (non-hydrogen) atoms. The third kappa shape index (κ3) is 4.44. The lowest BCUT2D eigenvalue weighted by Crippen LogP contribution is -2.32. The number of halogens is 1. The zero-order valence-corrected chi connectivity index (χ0v) is 16.1. The second kappa shape index (κ2) is 8.94. The molecule has 0 aliphatic heterocycles. The fourth-order valence-electron chi connectivity index (χ4n) is 3.46. The average molecular weight is 382 g/mol. The van der Waals surface area contributed by atoms with Crippen molar-refractivity contribution in [2.24, 2.45) is 0 Å². The van der Waals surface area contributed by atoms with Crippen molar-refractivity contribution in [3.05, 3.63) is 95.6 Å². The lowest BCUT2D eigenvalue weighted by Gasteiger charge is -2.22. The third-order valence-corrected chi connectivity index (χ3v) is 4.87. The second-order valence-corrected chi connectivity index (χ2v) is 6.58. The Hall–Kier alpha value is -2.49. The highest BCUT2D eigenvalue weighted by Crippen LogP contribution is 2.35. The van der Waals surface area contributed by atoms with Gasteiger partial charge < -0.3 is 14.8 Å². The van der Waals surface area contributed by atoms with E-state index in [9.17, 15) is 0 Å². The number of hydrogen-bond donors (Lipinski definition) is 1. The lowest BCUT2D eigenvalue weighted by molar-refractivity contribution is 0.172. The number of nitrogens with one attached hydrogen (secondary N) is 1. The van der Waals surface area contributed by atoms with Crippen LogP contribution in [-0.4, -0.2) is 13.1 Å². The Morgan fingerprint density at radius 3 is 2.26 bits per heavy atom. The molecular weight excluding hydrogens is 358 g/mol. The molecule has 2 atom stereocenters. The molecular formula is C23H24ClNO2. The highest BCUT2D eigenvalue weighted by Gasteiger charge is 2.32. The van der Waals surface area contributed by atoms with Crippen LogP contribution in [0.4, 0.5) is 0 Å². The molecule has 3 aromatic rings. The van der Waals surface area contributed by atoms with Gasteiger partial charge in [-0.3, -0.25) is 0 Å². The van der Waals surface area contributed by atoms with Gasteiger partial charge in [0.25, 0.3) is 0 Å². The normalized spacial score (nSPS) is 17.7. The van der Waals surface area contributed by atoms with Crippen LogP contribution in [0.15, 0.2) is 78.9 Å². The quantitative estimate of drug-likeness (QED) is 0.655. The molecule has 4 rings (SSSR count). The minimum atomic E-state index is 0. The van der Waals surface area contributed by atoms with Crippen molar-refractivity contribution in [3.63, 3.8) is 0 Å². The summed E-state index contributed by atoms with van der Waals surface area (Å²) in [7, 11) is 1.99. The van der Waals surface area contributed by atoms with E-state index >= 15 is 0 Å². The molecule has 140 valence electrons. The van der Waals surface area contributed by atoms with Gasteiger partial charge in [-0.1, -0.05) is 54.6 Å². The highest BCUT2D eigenvalue weighted by atomic mass is 35.5. The molecule has 0 aromatic heterocycles. The Kier molecular flexibility index (Phi) is 6.38. The number of fused-ring (bicyclic) bond motifs is 1. The first-order valence-corrected chi connectivity index (χ1v) is 9.02. The number of benzene rings is 3. The SMILES string of the molecule is CN[C@@H]1Cc2ccccc2[C@H]1Oc1ccc(OCc2ccccc2)cc1.Cl. The number of likely N-dealkylation sites (N-methyl/N-ethyl adjacent to an activating group) is 1. The van der Waals surface area contributed by atoms with Crippen molar-refractivity contribution in [1.82, 2.24) is 5.32 Å². The molecule has 0 bridgehead atoms. The maximum Gasteiger partial charge on any atom is 0.140 e. The number of hydrogen-bond acceptors (Lipinski definition) is 3. The fraction of sp³-hybridized carbons (Fsp3) is 0.217. The lowest BCUT2D eigenvalue weighted by atomic mass is 10.1. The Bertz CT molecular complexity index is 852. The van der Waals surface area contributed by atoms with E-state index in [1.54, 1.807) is 0 Å². The van der Waals surface area contributed by atoms with Crippen molar-refractivity contribution in [3.8, 4) is 11.5 Å². The van der Waals surface area contributed by atoms with E-state index in [-0.39, 0.29) is 18.5 Å². The van der Waals surface area contributed by atoms with Gasteiger partial charge in [0, 0.05) is 0 Å². The summed E-state index contributed by atoms with van der Waals surface area (Å²) in [6, 6.07) is 26.9. The van der Waals surface area contributed by atoms with Gasteiger partial charge >= 0.3 is 0 Å². The Morgan fingerprint density at radius 2 is 1.52 bits per heavy atom. The van der Waals surface area contributed by atoms with Gasteiger partial charge in [0.1, 0.15) is 24.2 Å². The number of ether oxygens (including phenoxy) is 2. The zero-order chi connectivity index (χ0) is 17.8. The summed E-state index contributed by atoms with van der Waals surface area (Å²) in [6.45, 7) is 0.568. The van der Waals surface area contributed by atoms with Crippen molar-refractivity contribution >= 4 is 12.4 Å². The van der Waals surface area contributed by atoms with Crippen LogP contribution < -0.4 is 14.8 Å². The molecule has 3 nitrogen and oxygen atoms in total. The Labute approximate surface area is 166 Å². The predicted molar refractivity (Wildman–Crippen MR) is 111 cm³/mol. The Balaban J connectivity index is 0.00000210. The monoisotopic (exact) mass is 381 g/mol. The van der Waals surface area contributed by atoms with Gasteiger partial charge in [-0.05, 0) is 54.4 Å². The molecule has 0 radical (unpaired) electrons. The molecule has 1 aliphatic carbocycles. The first kappa shape index (κ1) is 19.3. The zero-order valence-electron chi connectivity index (χ0n) is 15.3. The van der Waals surface area contributed by atoms with Crippen molar-refractivity contribution < 1.29 is 9.47 Å². The summed E-state index contributed by atoms with van der Waals surface area (Å²) >= 11 is 0. The van der Waals surface area contributed by atoms with Gasteiger partial charge in [0.15, 0.2) is 0 Å². The maximum absolute atomic E-state index is 6.31. The molecule has 4 heteroatoms. The van der Waals surface area contributed by atoms with Crippen molar-refractivity contribution in [1.29, 1.82) is 0 Å². The van der Waals surface area contributed by atoms with Crippen LogP contribution in [0.5, 0.6) is 11.5 Å². The van der Waals surface area contributed by atoms with Crippen LogP contribution in [0.3, 0.4) is 0 Å². The van der Waals surface area contributed by atoms with E-state index in [2.05, 4.69) is 41.7 Å². The fourth-order valence-corrected chi connectivity index (χ4v) is 3.46. The second-order valence-electron chi connectivity index (χ2n) is 6.58. The van der Waals surface area contributed by atoms with Crippen molar-refractivity contribution in [2.75, 3.05) is 7.05 Å². The van der Waals surface area contributed by atoms with Crippen LogP contribution in [0.2, 0.25) is 0 Å². The average Bonchev–Trinajstić information content (AvgIpc) is 3.06. The smallest absolute Gasteiger partial charge is 0.140 e. The molecule has 1 N–H and O–H groups in total. The summed E-state index contributed by atoms with van der Waals surface area (Å²) in [5.41, 5.74) is 3.79. The topological polar surface area (TPSA) is 30.5 Å². The van der Waals surface area contributed by atoms with Gasteiger partial charge in [-0.25, -0.2) is 0 Å². The standard InChI is InChI=1S/C23H23NO2.ClH/c1-24-22-15-18-9-5-6-10-21(18)23(22)26-20-13-11-19(12-14-20)25-16-17-7-3-2-4-8-17;/h2-14,22-24H,15-16H2,1H3;1H/t22-,23-;/m1./s1. The molecule has 0 amide bonds. The van der Waals surface area contributed by atoms with Crippen molar-refractivity contribution in [2.45, 2.75) is 25.2 Å². The minimum absolute atomic E-state index is 0. The molecule has 3 aromatic carbocycles. The summed E-state index contributed by atoms with van der Waals surface area (Å²) in [5.74, 6) is 1.71. The van der Waals surface area contributed by atoms with Crippen LogP contribution in [0.25, 0.3) is 0 Å². The molecule has 0 heterocycles. The van der Waals surface area contributed by atoms with E-state index in [4.69, 9.17) is 9.47 Å². The molecule has 1 aliphatic rings. The van der Waals surface area contributed by atoms with Gasteiger partial charge in [-0.2, -0.15) is 0 Å². The molecule has 0 saturated carbocycles. The Morgan fingerprint density at radius 1 is 0.852 bits per heavy atom. The third-order valence-electron chi connectivity index (χ3n) is 4.87. The molecule has 0 fully saturated rings. The van der Waals surface area contributed by atoms with E-state index in [1.165, 1.54) is 11.1 Å². The number of rotatable bonds is 6. The van der Waals surface area contributed by atoms with Gasteiger partial charge in [-0.15, -0.1) is 12.4 Å². The first-order valence-electron chi connectivity index (χ1n) is 9.02. The van der Waals surface area contributed by atoms with Crippen LogP contribution in [0, 0.1) is 0 Å². The van der Waals surface area contributed by atoms with E-state index in [0.717, 1.165) is 23.5 Å². The highest BCUT2D eigenvalue weighted by molar-refractivity contribution is 5.85. The largest absolute Gasteiger partial charge is 0.489 e. The summed E-state index contributed by atoms with van der Waals surface area (Å²) in [4.78, 5) is 0. The van der Waals surface area contributed by atoms with E-state index < -0.39 is 0 Å². The van der Waals surface area contributed by atoms with Crippen LogP contribution in [0.1, 0.15) is 22.8 Å². The van der Waals surface area contributed by atoms with E-state index in [1.807, 2.05) is 49.5 Å². The van der Waals surface area contributed by atoms with Crippen LogP contribution >= 0.6 is 12.4 Å². The van der Waals surface area contributed by atoms with Gasteiger partial charge in [0.05, 0.1) is 6.04 Å². The maximum atomic E-state index is 6.31. The van der Waals surface area contributed by atoms with Crippen LogP contribution in [-0.2, 0) is 13.0 Å². The predicted octanol–water partition coefficient (Wildman–Crippen LogP) is 4.95. The van der Waals surface area contributed by atoms with E-state index in [0.29, 0.717) is 12.6 Å². The van der Waals surface area contributed by atoms with Gasteiger partial charge in [0.2, 0.25) is 0 Å². The minimum Gasteiger partial charge on any atom is -0.489 e. The summed E-state index contributed by atoms with van der Waals surface area (Å²) < 4.78 is 12.2. The summed E-state index contributed by atoms with van der Waals surface area (Å²) in [5, 5.41) is 3.38. The molecule has 0 spiro atoms. The molecule has 0 saturated heterocycles. The first-order chi connectivity index (χ1) is 12.8. The molecule has 0 unspecified atom stereocenters.